The van der Waals surface area contributed by atoms with Crippen molar-refractivity contribution in [3.63, 3.8) is 0 Å². The van der Waals surface area contributed by atoms with Gasteiger partial charge in [-0.05, 0) is 70.1 Å². The average molecular weight is 504 g/mol. The van der Waals surface area contributed by atoms with E-state index in [1.165, 1.54) is 7.11 Å². The lowest BCUT2D eigenvalue weighted by Gasteiger charge is -2.12. The number of nitrogens with zero attached hydrogens (tertiary/aromatic N) is 1. The van der Waals surface area contributed by atoms with Crippen LogP contribution in [0.5, 0.6) is 17.2 Å². The fraction of sp³-hybridized carbons (Fsp3) is 0.182. The standard InChI is InChI=1S/C22H21IN2O4/c1-4-29-21-18(23)9-14(10-20(21)28-3)13-24-25-22(26)17-11-15-7-5-6-8-16(15)12-19(17)27-2/h5-13H,4H2,1-3H3,(H,25,26)/b24-13+. The Hall–Kier alpha value is -2.81. The number of amides is 1. The first-order chi connectivity index (χ1) is 14.1. The summed E-state index contributed by atoms with van der Waals surface area (Å²) in [6.07, 6.45) is 1.56. The number of hydrazone groups is 1. The van der Waals surface area contributed by atoms with Crippen LogP contribution >= 0.6 is 22.6 Å². The minimum absolute atomic E-state index is 0.351. The molecule has 0 radical (unpaired) electrons. The highest BCUT2D eigenvalue weighted by Crippen LogP contribution is 2.33. The van der Waals surface area contributed by atoms with Gasteiger partial charge in [0.1, 0.15) is 5.75 Å². The van der Waals surface area contributed by atoms with Crippen molar-refractivity contribution in [2.24, 2.45) is 5.10 Å². The smallest absolute Gasteiger partial charge is 0.275 e. The van der Waals surface area contributed by atoms with E-state index in [9.17, 15) is 4.79 Å². The van der Waals surface area contributed by atoms with Crippen LogP contribution in [0.25, 0.3) is 10.8 Å². The van der Waals surface area contributed by atoms with Gasteiger partial charge in [0.15, 0.2) is 11.5 Å². The molecule has 0 spiro atoms. The molecule has 6 nitrogen and oxygen atoms in total. The molecule has 29 heavy (non-hydrogen) atoms. The summed E-state index contributed by atoms with van der Waals surface area (Å²) >= 11 is 2.18. The zero-order chi connectivity index (χ0) is 20.8. The summed E-state index contributed by atoms with van der Waals surface area (Å²) in [4.78, 5) is 12.6. The number of methoxy groups -OCH3 is 2. The van der Waals surface area contributed by atoms with Crippen molar-refractivity contribution < 1.29 is 19.0 Å². The number of hydrogen-bond donors (Lipinski definition) is 1. The van der Waals surface area contributed by atoms with Gasteiger partial charge < -0.3 is 14.2 Å². The molecule has 0 fully saturated rings. The Balaban J connectivity index is 1.81. The predicted octanol–water partition coefficient (Wildman–Crippen LogP) is 4.62. The maximum atomic E-state index is 12.6. The molecule has 0 aliphatic carbocycles. The van der Waals surface area contributed by atoms with E-state index in [0.717, 1.165) is 19.9 Å². The maximum absolute atomic E-state index is 12.6. The van der Waals surface area contributed by atoms with E-state index in [1.807, 2.05) is 43.3 Å². The Morgan fingerprint density at radius 1 is 1.07 bits per heavy atom. The van der Waals surface area contributed by atoms with Gasteiger partial charge in [-0.15, -0.1) is 0 Å². The van der Waals surface area contributed by atoms with E-state index in [-0.39, 0.29) is 5.91 Å². The average Bonchev–Trinajstić information content (AvgIpc) is 2.74. The molecule has 0 heterocycles. The van der Waals surface area contributed by atoms with Crippen molar-refractivity contribution in [2.45, 2.75) is 6.92 Å². The highest BCUT2D eigenvalue weighted by Gasteiger charge is 2.14. The molecule has 0 unspecified atom stereocenters. The van der Waals surface area contributed by atoms with Crippen LogP contribution in [0.1, 0.15) is 22.8 Å². The molecule has 0 aliphatic rings. The third-order valence-corrected chi connectivity index (χ3v) is 5.03. The summed E-state index contributed by atoms with van der Waals surface area (Å²) in [7, 11) is 3.13. The number of rotatable bonds is 7. The van der Waals surface area contributed by atoms with Crippen LogP contribution in [-0.2, 0) is 0 Å². The van der Waals surface area contributed by atoms with Gasteiger partial charge in [-0.25, -0.2) is 5.43 Å². The van der Waals surface area contributed by atoms with Crippen molar-refractivity contribution in [2.75, 3.05) is 20.8 Å². The van der Waals surface area contributed by atoms with Crippen molar-refractivity contribution in [3.05, 3.63) is 63.2 Å². The zero-order valence-electron chi connectivity index (χ0n) is 16.4. The van der Waals surface area contributed by atoms with E-state index in [4.69, 9.17) is 14.2 Å². The van der Waals surface area contributed by atoms with Crippen LogP contribution in [0.15, 0.2) is 53.6 Å². The van der Waals surface area contributed by atoms with Crippen LogP contribution in [0.4, 0.5) is 0 Å². The number of ether oxygens (including phenoxy) is 3. The maximum Gasteiger partial charge on any atom is 0.275 e. The fourth-order valence-corrected chi connectivity index (χ4v) is 3.67. The summed E-state index contributed by atoms with van der Waals surface area (Å²) in [5, 5.41) is 6.04. The summed E-state index contributed by atoms with van der Waals surface area (Å²) in [5.41, 5.74) is 3.76. The lowest BCUT2D eigenvalue weighted by molar-refractivity contribution is 0.0952. The Kier molecular flexibility index (Phi) is 6.92. The third kappa shape index (κ3) is 4.79. The van der Waals surface area contributed by atoms with Crippen LogP contribution in [-0.4, -0.2) is 32.9 Å². The second kappa shape index (κ2) is 9.60. The molecule has 0 saturated heterocycles. The first-order valence-corrected chi connectivity index (χ1v) is 10.1. The van der Waals surface area contributed by atoms with Gasteiger partial charge in [-0.2, -0.15) is 5.10 Å². The molecule has 3 aromatic rings. The quantitative estimate of drug-likeness (QED) is 0.290. The Labute approximate surface area is 183 Å². The molecule has 0 atom stereocenters. The van der Waals surface area contributed by atoms with E-state index in [0.29, 0.717) is 29.4 Å². The van der Waals surface area contributed by atoms with E-state index in [1.54, 1.807) is 25.5 Å². The Morgan fingerprint density at radius 2 is 1.76 bits per heavy atom. The van der Waals surface area contributed by atoms with E-state index < -0.39 is 0 Å². The molecule has 3 aromatic carbocycles. The molecular formula is C22H21IN2O4. The Morgan fingerprint density at radius 3 is 2.41 bits per heavy atom. The topological polar surface area (TPSA) is 69.2 Å². The molecule has 0 saturated carbocycles. The monoisotopic (exact) mass is 504 g/mol. The number of carbonyl (C=O) groups is 1. The normalized spacial score (nSPS) is 10.9. The van der Waals surface area contributed by atoms with Crippen LogP contribution < -0.4 is 19.6 Å². The van der Waals surface area contributed by atoms with Gasteiger partial charge >= 0.3 is 0 Å². The molecule has 7 heteroatoms. The molecule has 0 aliphatic heterocycles. The number of hydrogen-bond acceptors (Lipinski definition) is 5. The number of fused-ring (bicyclic) bond motifs is 1. The number of benzene rings is 3. The number of halogens is 1. The summed E-state index contributed by atoms with van der Waals surface area (Å²) in [5.74, 6) is 1.45. The van der Waals surface area contributed by atoms with Gasteiger partial charge in [0, 0.05) is 0 Å². The highest BCUT2D eigenvalue weighted by atomic mass is 127. The van der Waals surface area contributed by atoms with Crippen LogP contribution in [0.2, 0.25) is 0 Å². The minimum atomic E-state index is -0.351. The molecule has 0 bridgehead atoms. The van der Waals surface area contributed by atoms with Crippen molar-refractivity contribution in [1.29, 1.82) is 0 Å². The minimum Gasteiger partial charge on any atom is -0.496 e. The van der Waals surface area contributed by atoms with Crippen LogP contribution in [0.3, 0.4) is 0 Å². The summed E-state index contributed by atoms with van der Waals surface area (Å²) in [6, 6.07) is 15.1. The molecular weight excluding hydrogens is 483 g/mol. The van der Waals surface area contributed by atoms with Gasteiger partial charge in [0.2, 0.25) is 0 Å². The first-order valence-electron chi connectivity index (χ1n) is 8.97. The summed E-state index contributed by atoms with van der Waals surface area (Å²) < 4.78 is 17.3. The number of nitrogens with one attached hydrogen (secondary N) is 1. The molecule has 0 aromatic heterocycles. The largest absolute Gasteiger partial charge is 0.496 e. The van der Waals surface area contributed by atoms with Gasteiger partial charge in [-0.3, -0.25) is 4.79 Å². The van der Waals surface area contributed by atoms with Crippen molar-refractivity contribution >= 4 is 45.5 Å². The third-order valence-electron chi connectivity index (χ3n) is 4.23. The lowest BCUT2D eigenvalue weighted by atomic mass is 10.1. The zero-order valence-corrected chi connectivity index (χ0v) is 18.5. The van der Waals surface area contributed by atoms with Gasteiger partial charge in [-0.1, -0.05) is 24.3 Å². The van der Waals surface area contributed by atoms with Crippen molar-refractivity contribution in [1.82, 2.24) is 5.43 Å². The van der Waals surface area contributed by atoms with Crippen LogP contribution in [0, 0.1) is 3.57 Å². The fourth-order valence-electron chi connectivity index (χ4n) is 2.89. The highest BCUT2D eigenvalue weighted by molar-refractivity contribution is 14.1. The van der Waals surface area contributed by atoms with E-state index in [2.05, 4.69) is 33.1 Å². The predicted molar refractivity (Wildman–Crippen MR) is 122 cm³/mol. The first kappa shape index (κ1) is 20.9. The number of carbonyl (C=O) groups excluding carboxylic acids is 1. The van der Waals surface area contributed by atoms with Gasteiger partial charge in [0.25, 0.3) is 5.91 Å². The SMILES string of the molecule is CCOc1c(I)cc(/C=N/NC(=O)c2cc3ccccc3cc2OC)cc1OC. The molecule has 1 amide bonds. The molecule has 3 rings (SSSR count). The van der Waals surface area contributed by atoms with E-state index >= 15 is 0 Å². The Bertz CT molecular complexity index is 1070. The lowest BCUT2D eigenvalue weighted by Crippen LogP contribution is -2.18. The second-order valence-corrected chi connectivity index (χ2v) is 7.23. The second-order valence-electron chi connectivity index (χ2n) is 6.07. The van der Waals surface area contributed by atoms with Crippen molar-refractivity contribution in [3.8, 4) is 17.2 Å². The molecule has 150 valence electrons. The van der Waals surface area contributed by atoms with Gasteiger partial charge in [0.05, 0.1) is 36.2 Å². The summed E-state index contributed by atoms with van der Waals surface area (Å²) in [6.45, 7) is 2.46. The molecule has 1 N–H and O–H groups in total.